The van der Waals surface area contributed by atoms with Crippen molar-refractivity contribution < 1.29 is 4.79 Å². The van der Waals surface area contributed by atoms with E-state index in [1.165, 1.54) is 12.0 Å². The topological polar surface area (TPSA) is 32.3 Å². The van der Waals surface area contributed by atoms with Gasteiger partial charge < -0.3 is 5.32 Å². The molecule has 1 fully saturated rings. The molecule has 1 atom stereocenters. The Labute approximate surface area is 127 Å². The number of nitrogens with one attached hydrogen (secondary N) is 1. The van der Waals surface area contributed by atoms with E-state index in [0.717, 1.165) is 39.0 Å². The number of benzene rings is 1. The van der Waals surface area contributed by atoms with Crippen LogP contribution in [-0.2, 0) is 11.3 Å². The normalized spacial score (nSPS) is 22.8. The van der Waals surface area contributed by atoms with E-state index < -0.39 is 0 Å². The molecule has 2 aliphatic rings. The standard InChI is InChI=1S/C18H24N2O/c21-18(17-8-4-5-9-17)19-12-16-10-11-20(14-16)13-15-6-2-1-3-7-15/h1-7,16-17H,8-14H2,(H,19,21)/t16-/m0/s1. The Morgan fingerprint density at radius 3 is 2.71 bits per heavy atom. The van der Waals surface area contributed by atoms with Gasteiger partial charge in [-0.2, -0.15) is 0 Å². The van der Waals surface area contributed by atoms with Crippen LogP contribution >= 0.6 is 0 Å². The lowest BCUT2D eigenvalue weighted by atomic mass is 10.1. The van der Waals surface area contributed by atoms with Crippen molar-refractivity contribution in [2.45, 2.75) is 25.8 Å². The van der Waals surface area contributed by atoms with E-state index in [2.05, 4.69) is 52.7 Å². The number of hydrogen-bond acceptors (Lipinski definition) is 2. The number of carbonyl (C=O) groups is 1. The second-order valence-corrected chi connectivity index (χ2v) is 6.26. The first-order valence-corrected chi connectivity index (χ1v) is 8.00. The predicted molar refractivity (Wildman–Crippen MR) is 84.7 cm³/mol. The number of hydrogen-bond donors (Lipinski definition) is 1. The number of likely N-dealkylation sites (tertiary alicyclic amines) is 1. The highest BCUT2D eigenvalue weighted by molar-refractivity contribution is 5.79. The van der Waals surface area contributed by atoms with Gasteiger partial charge in [-0.15, -0.1) is 0 Å². The number of rotatable bonds is 5. The zero-order chi connectivity index (χ0) is 14.5. The molecular weight excluding hydrogens is 260 g/mol. The number of amides is 1. The first-order chi connectivity index (χ1) is 10.3. The van der Waals surface area contributed by atoms with Crippen LogP contribution in [0.15, 0.2) is 42.5 Å². The van der Waals surface area contributed by atoms with Gasteiger partial charge in [-0.3, -0.25) is 9.69 Å². The molecule has 3 rings (SSSR count). The van der Waals surface area contributed by atoms with Gasteiger partial charge in [-0.1, -0.05) is 42.5 Å². The molecule has 112 valence electrons. The van der Waals surface area contributed by atoms with E-state index in [4.69, 9.17) is 0 Å². The molecule has 0 aromatic heterocycles. The smallest absolute Gasteiger partial charge is 0.223 e. The van der Waals surface area contributed by atoms with Crippen molar-refractivity contribution >= 4 is 5.91 Å². The molecule has 0 unspecified atom stereocenters. The van der Waals surface area contributed by atoms with Gasteiger partial charge in [0.1, 0.15) is 0 Å². The van der Waals surface area contributed by atoms with Crippen LogP contribution < -0.4 is 5.32 Å². The predicted octanol–water partition coefficient (Wildman–Crippen LogP) is 2.59. The van der Waals surface area contributed by atoms with Crippen molar-refractivity contribution in [3.63, 3.8) is 0 Å². The van der Waals surface area contributed by atoms with Crippen LogP contribution in [0.3, 0.4) is 0 Å². The number of carbonyl (C=O) groups excluding carboxylic acids is 1. The van der Waals surface area contributed by atoms with Gasteiger partial charge >= 0.3 is 0 Å². The molecular formula is C18H24N2O. The molecule has 1 saturated heterocycles. The summed E-state index contributed by atoms with van der Waals surface area (Å²) in [5.74, 6) is 1.03. The third-order valence-electron chi connectivity index (χ3n) is 4.56. The lowest BCUT2D eigenvalue weighted by Crippen LogP contribution is -2.34. The number of nitrogens with zero attached hydrogens (tertiary/aromatic N) is 1. The molecule has 1 aliphatic heterocycles. The minimum absolute atomic E-state index is 0.187. The van der Waals surface area contributed by atoms with Crippen LogP contribution in [0.25, 0.3) is 0 Å². The van der Waals surface area contributed by atoms with Gasteiger partial charge in [0.15, 0.2) is 0 Å². The summed E-state index contributed by atoms with van der Waals surface area (Å²) in [6.45, 7) is 4.09. The molecule has 3 heteroatoms. The first-order valence-electron chi connectivity index (χ1n) is 8.00. The molecule has 1 aromatic carbocycles. The van der Waals surface area contributed by atoms with E-state index in [0.29, 0.717) is 5.92 Å². The zero-order valence-electron chi connectivity index (χ0n) is 12.5. The quantitative estimate of drug-likeness (QED) is 0.843. The molecule has 1 heterocycles. The third-order valence-corrected chi connectivity index (χ3v) is 4.56. The molecule has 0 bridgehead atoms. The van der Waals surface area contributed by atoms with E-state index in [-0.39, 0.29) is 11.8 Å². The highest BCUT2D eigenvalue weighted by atomic mass is 16.1. The fraction of sp³-hybridized carbons (Fsp3) is 0.500. The minimum atomic E-state index is 0.187. The summed E-state index contributed by atoms with van der Waals surface area (Å²) >= 11 is 0. The highest BCUT2D eigenvalue weighted by Crippen LogP contribution is 2.20. The maximum Gasteiger partial charge on any atom is 0.223 e. The van der Waals surface area contributed by atoms with Gasteiger partial charge in [0.2, 0.25) is 5.91 Å². The van der Waals surface area contributed by atoms with Crippen molar-refractivity contribution in [1.29, 1.82) is 0 Å². The lowest BCUT2D eigenvalue weighted by molar-refractivity contribution is -0.124. The first kappa shape index (κ1) is 14.3. The maximum atomic E-state index is 12.0. The van der Waals surface area contributed by atoms with E-state index in [9.17, 15) is 4.79 Å². The molecule has 21 heavy (non-hydrogen) atoms. The Morgan fingerprint density at radius 2 is 1.95 bits per heavy atom. The Bertz CT molecular complexity index is 489. The fourth-order valence-electron chi connectivity index (χ4n) is 3.29. The average molecular weight is 284 g/mol. The van der Waals surface area contributed by atoms with Crippen LogP contribution in [0.5, 0.6) is 0 Å². The molecule has 0 radical (unpaired) electrons. The maximum absolute atomic E-state index is 12.0. The summed E-state index contributed by atoms with van der Waals surface area (Å²) in [4.78, 5) is 14.5. The summed E-state index contributed by atoms with van der Waals surface area (Å²) in [6.07, 6.45) is 7.24. The largest absolute Gasteiger partial charge is 0.356 e. The van der Waals surface area contributed by atoms with Crippen molar-refractivity contribution in [2.24, 2.45) is 11.8 Å². The summed E-state index contributed by atoms with van der Waals surface area (Å²) in [7, 11) is 0. The average Bonchev–Trinajstić information content (AvgIpc) is 3.17. The van der Waals surface area contributed by atoms with Gasteiger partial charge in [-0.25, -0.2) is 0 Å². The van der Waals surface area contributed by atoms with Gasteiger partial charge in [-0.05, 0) is 37.3 Å². The van der Waals surface area contributed by atoms with Crippen molar-refractivity contribution in [3.05, 3.63) is 48.0 Å². The molecule has 0 saturated carbocycles. The van der Waals surface area contributed by atoms with Gasteiger partial charge in [0.05, 0.1) is 0 Å². The van der Waals surface area contributed by atoms with Crippen LogP contribution in [0.2, 0.25) is 0 Å². The Hall–Kier alpha value is -1.61. The second kappa shape index (κ2) is 6.90. The van der Waals surface area contributed by atoms with Crippen molar-refractivity contribution in [2.75, 3.05) is 19.6 Å². The SMILES string of the molecule is O=C(NC[C@@H]1CCN(Cc2ccccc2)C1)C1CC=CC1. The van der Waals surface area contributed by atoms with Crippen molar-refractivity contribution in [3.8, 4) is 0 Å². The van der Waals surface area contributed by atoms with Crippen LogP contribution in [-0.4, -0.2) is 30.4 Å². The van der Waals surface area contributed by atoms with E-state index >= 15 is 0 Å². The van der Waals surface area contributed by atoms with Crippen LogP contribution in [0, 0.1) is 11.8 Å². The molecule has 1 amide bonds. The molecule has 0 spiro atoms. The van der Waals surface area contributed by atoms with E-state index in [1.807, 2.05) is 0 Å². The van der Waals surface area contributed by atoms with Gasteiger partial charge in [0, 0.05) is 25.6 Å². The second-order valence-electron chi connectivity index (χ2n) is 6.26. The lowest BCUT2D eigenvalue weighted by Gasteiger charge is -2.17. The molecule has 1 aromatic rings. The monoisotopic (exact) mass is 284 g/mol. The Kier molecular flexibility index (Phi) is 4.71. The van der Waals surface area contributed by atoms with Crippen LogP contribution in [0.4, 0.5) is 0 Å². The summed E-state index contributed by atoms with van der Waals surface area (Å²) in [6, 6.07) is 10.6. The fourth-order valence-corrected chi connectivity index (χ4v) is 3.29. The Balaban J connectivity index is 1.39. The third kappa shape index (κ3) is 3.94. The van der Waals surface area contributed by atoms with E-state index in [1.54, 1.807) is 0 Å². The minimum Gasteiger partial charge on any atom is -0.356 e. The summed E-state index contributed by atoms with van der Waals surface area (Å²) in [5, 5.41) is 3.15. The summed E-state index contributed by atoms with van der Waals surface area (Å²) < 4.78 is 0. The summed E-state index contributed by atoms with van der Waals surface area (Å²) in [5.41, 5.74) is 1.37. The number of allylic oxidation sites excluding steroid dienone is 2. The molecule has 1 aliphatic carbocycles. The zero-order valence-corrected chi connectivity index (χ0v) is 12.5. The highest BCUT2D eigenvalue weighted by Gasteiger charge is 2.24. The van der Waals surface area contributed by atoms with Crippen molar-refractivity contribution in [1.82, 2.24) is 10.2 Å². The van der Waals surface area contributed by atoms with Crippen LogP contribution in [0.1, 0.15) is 24.8 Å². The Morgan fingerprint density at radius 1 is 1.19 bits per heavy atom. The molecule has 1 N–H and O–H groups in total. The molecule has 3 nitrogen and oxygen atoms in total. The van der Waals surface area contributed by atoms with Gasteiger partial charge in [0.25, 0.3) is 0 Å².